The lowest BCUT2D eigenvalue weighted by molar-refractivity contribution is 0.157. The zero-order valence-corrected chi connectivity index (χ0v) is 15.1. The van der Waals surface area contributed by atoms with Gasteiger partial charge in [-0.1, -0.05) is 6.07 Å². The predicted octanol–water partition coefficient (Wildman–Crippen LogP) is 1.62. The molecule has 1 saturated heterocycles. The van der Waals surface area contributed by atoms with Gasteiger partial charge in [0.1, 0.15) is 11.6 Å². The average Bonchev–Trinajstić information content (AvgIpc) is 3.26. The van der Waals surface area contributed by atoms with Gasteiger partial charge in [-0.15, -0.1) is 0 Å². The fraction of sp³-hybridized carbons (Fsp3) is 0.500. The van der Waals surface area contributed by atoms with Crippen molar-refractivity contribution in [3.05, 3.63) is 42.1 Å². The zero-order valence-electron chi connectivity index (χ0n) is 15.1. The second kappa shape index (κ2) is 8.11. The number of nitrogens with one attached hydrogen (secondary N) is 1. The lowest BCUT2D eigenvalue weighted by Crippen LogP contribution is -2.40. The summed E-state index contributed by atoms with van der Waals surface area (Å²) in [5.41, 5.74) is 1.11. The fourth-order valence-corrected chi connectivity index (χ4v) is 3.29. The summed E-state index contributed by atoms with van der Waals surface area (Å²) in [6.45, 7) is 5.44. The lowest BCUT2D eigenvalue weighted by atomic mass is 10.1. The van der Waals surface area contributed by atoms with Gasteiger partial charge in [0.2, 0.25) is 0 Å². The van der Waals surface area contributed by atoms with Gasteiger partial charge in [-0.2, -0.15) is 0 Å². The van der Waals surface area contributed by atoms with Crippen LogP contribution in [0.1, 0.15) is 17.8 Å². The van der Waals surface area contributed by atoms with Crippen molar-refractivity contribution in [2.75, 3.05) is 33.9 Å². The highest BCUT2D eigenvalue weighted by molar-refractivity contribution is 5.80. The van der Waals surface area contributed by atoms with E-state index in [1.807, 2.05) is 37.0 Å². The van der Waals surface area contributed by atoms with Crippen LogP contribution in [0.5, 0.6) is 0 Å². The number of imidazole rings is 1. The summed E-state index contributed by atoms with van der Waals surface area (Å²) in [5, 5.41) is 3.47. The van der Waals surface area contributed by atoms with Crippen LogP contribution in [0, 0.1) is 12.8 Å². The third-order valence-electron chi connectivity index (χ3n) is 4.56. The first-order chi connectivity index (χ1) is 12.2. The number of guanidine groups is 1. The van der Waals surface area contributed by atoms with Crippen LogP contribution in [0.15, 0.2) is 35.7 Å². The Morgan fingerprint density at radius 2 is 2.28 bits per heavy atom. The highest BCUT2D eigenvalue weighted by Crippen LogP contribution is 2.17. The first kappa shape index (κ1) is 17.4. The van der Waals surface area contributed by atoms with E-state index in [-0.39, 0.29) is 0 Å². The molecule has 0 aliphatic carbocycles. The molecular formula is C18H26N6O. The number of hydrogen-bond donors (Lipinski definition) is 1. The normalized spacial score (nSPS) is 18.0. The minimum absolute atomic E-state index is 0.575. The maximum atomic E-state index is 5.28. The van der Waals surface area contributed by atoms with E-state index in [4.69, 9.17) is 4.74 Å². The van der Waals surface area contributed by atoms with Gasteiger partial charge in [-0.05, 0) is 19.4 Å². The van der Waals surface area contributed by atoms with Gasteiger partial charge in [0.15, 0.2) is 5.96 Å². The molecule has 0 amide bonds. The first-order valence-corrected chi connectivity index (χ1v) is 8.61. The molecule has 1 unspecified atom stereocenters. The third kappa shape index (κ3) is 3.99. The van der Waals surface area contributed by atoms with Crippen molar-refractivity contribution in [2.24, 2.45) is 10.9 Å². The number of hydrogen-bond acceptors (Lipinski definition) is 4. The molecule has 1 aliphatic heterocycles. The molecule has 7 nitrogen and oxygen atoms in total. The van der Waals surface area contributed by atoms with E-state index in [2.05, 4.69) is 31.2 Å². The molecule has 1 aliphatic rings. The van der Waals surface area contributed by atoms with Gasteiger partial charge < -0.3 is 15.0 Å². The van der Waals surface area contributed by atoms with Crippen LogP contribution in [0.3, 0.4) is 0 Å². The van der Waals surface area contributed by atoms with Crippen molar-refractivity contribution in [3.63, 3.8) is 0 Å². The Balaban J connectivity index is 1.68. The highest BCUT2D eigenvalue weighted by atomic mass is 16.5. The Kier molecular flexibility index (Phi) is 5.65. The summed E-state index contributed by atoms with van der Waals surface area (Å²) in [4.78, 5) is 15.6. The van der Waals surface area contributed by atoms with Crippen molar-refractivity contribution in [3.8, 4) is 5.82 Å². The van der Waals surface area contributed by atoms with Crippen LogP contribution in [0.25, 0.3) is 5.82 Å². The summed E-state index contributed by atoms with van der Waals surface area (Å²) >= 11 is 0. The third-order valence-corrected chi connectivity index (χ3v) is 4.56. The molecule has 1 atom stereocenters. The smallest absolute Gasteiger partial charge is 0.193 e. The van der Waals surface area contributed by atoms with Crippen LogP contribution < -0.4 is 5.32 Å². The number of rotatable bonds is 5. The molecule has 25 heavy (non-hydrogen) atoms. The van der Waals surface area contributed by atoms with E-state index in [1.54, 1.807) is 13.3 Å². The predicted molar refractivity (Wildman–Crippen MR) is 97.9 cm³/mol. The fourth-order valence-electron chi connectivity index (χ4n) is 3.29. The molecule has 134 valence electrons. The van der Waals surface area contributed by atoms with Crippen LogP contribution in [0.2, 0.25) is 0 Å². The van der Waals surface area contributed by atoms with Crippen molar-refractivity contribution >= 4 is 5.96 Å². The van der Waals surface area contributed by atoms with E-state index < -0.39 is 0 Å². The molecule has 0 bridgehead atoms. The molecule has 2 aromatic rings. The number of methoxy groups -OCH3 is 1. The Hall–Kier alpha value is -2.41. The molecular weight excluding hydrogens is 316 g/mol. The van der Waals surface area contributed by atoms with Crippen LogP contribution >= 0.6 is 0 Å². The monoisotopic (exact) mass is 342 g/mol. The van der Waals surface area contributed by atoms with E-state index in [0.717, 1.165) is 49.3 Å². The largest absolute Gasteiger partial charge is 0.384 e. The molecule has 1 N–H and O–H groups in total. The van der Waals surface area contributed by atoms with Gasteiger partial charge >= 0.3 is 0 Å². The van der Waals surface area contributed by atoms with E-state index in [1.165, 1.54) is 0 Å². The second-order valence-electron chi connectivity index (χ2n) is 6.29. The first-order valence-electron chi connectivity index (χ1n) is 8.61. The maximum Gasteiger partial charge on any atom is 0.193 e. The van der Waals surface area contributed by atoms with Gasteiger partial charge in [-0.25, -0.2) is 9.97 Å². The van der Waals surface area contributed by atoms with Crippen LogP contribution in [-0.4, -0.2) is 59.2 Å². The van der Waals surface area contributed by atoms with E-state index in [9.17, 15) is 0 Å². The van der Waals surface area contributed by atoms with Crippen LogP contribution in [-0.2, 0) is 11.3 Å². The van der Waals surface area contributed by atoms with Crippen molar-refractivity contribution in [1.82, 2.24) is 24.8 Å². The standard InChI is InChI=1S/C18H26N6O/c1-14-20-8-10-24(14)17-16(5-4-7-21-17)11-22-18(19-2)23-9-6-15(12-23)13-25-3/h4-5,7-8,10,15H,6,9,11-13H2,1-3H3,(H,19,22). The summed E-state index contributed by atoms with van der Waals surface area (Å²) in [5.74, 6) is 3.33. The summed E-state index contributed by atoms with van der Waals surface area (Å²) in [6.07, 6.45) is 6.68. The number of aromatic nitrogens is 3. The Bertz CT molecular complexity index is 726. The zero-order chi connectivity index (χ0) is 17.6. The number of nitrogens with zero attached hydrogens (tertiary/aromatic N) is 5. The highest BCUT2D eigenvalue weighted by Gasteiger charge is 2.24. The van der Waals surface area contributed by atoms with Crippen molar-refractivity contribution in [2.45, 2.75) is 19.9 Å². The summed E-state index contributed by atoms with van der Waals surface area (Å²) in [6, 6.07) is 4.04. The van der Waals surface area contributed by atoms with Gasteiger partial charge in [-0.3, -0.25) is 9.56 Å². The molecule has 0 radical (unpaired) electrons. The molecule has 0 aromatic carbocycles. The van der Waals surface area contributed by atoms with Crippen LogP contribution in [0.4, 0.5) is 0 Å². The van der Waals surface area contributed by atoms with E-state index >= 15 is 0 Å². The second-order valence-corrected chi connectivity index (χ2v) is 6.29. The average molecular weight is 342 g/mol. The van der Waals surface area contributed by atoms with Gasteiger partial charge in [0, 0.05) is 63.9 Å². The Labute approximate surface area is 148 Å². The Morgan fingerprint density at radius 3 is 3.00 bits per heavy atom. The van der Waals surface area contributed by atoms with E-state index in [0.29, 0.717) is 12.5 Å². The Morgan fingerprint density at radius 1 is 1.40 bits per heavy atom. The molecule has 0 saturated carbocycles. The SMILES string of the molecule is CN=C(NCc1cccnc1-n1ccnc1C)N1CCC(COC)C1. The van der Waals surface area contributed by atoms with Crippen molar-refractivity contribution in [1.29, 1.82) is 0 Å². The minimum Gasteiger partial charge on any atom is -0.384 e. The number of likely N-dealkylation sites (tertiary alicyclic amines) is 1. The number of aryl methyl sites for hydroxylation is 1. The van der Waals surface area contributed by atoms with Gasteiger partial charge in [0.05, 0.1) is 6.61 Å². The van der Waals surface area contributed by atoms with Gasteiger partial charge in [0.25, 0.3) is 0 Å². The molecule has 2 aromatic heterocycles. The number of pyridine rings is 1. The maximum absolute atomic E-state index is 5.28. The summed E-state index contributed by atoms with van der Waals surface area (Å²) in [7, 11) is 3.59. The number of ether oxygens (including phenoxy) is 1. The molecule has 7 heteroatoms. The number of aliphatic imine (C=N–C) groups is 1. The van der Waals surface area contributed by atoms with Crippen molar-refractivity contribution < 1.29 is 4.74 Å². The molecule has 0 spiro atoms. The molecule has 3 heterocycles. The quantitative estimate of drug-likeness (QED) is 0.661. The summed E-state index contributed by atoms with van der Waals surface area (Å²) < 4.78 is 7.29. The molecule has 1 fully saturated rings. The molecule has 3 rings (SSSR count). The minimum atomic E-state index is 0.575. The lowest BCUT2D eigenvalue weighted by Gasteiger charge is -2.22. The topological polar surface area (TPSA) is 67.6 Å².